The summed E-state index contributed by atoms with van der Waals surface area (Å²) in [5, 5.41) is 28.1. The van der Waals surface area contributed by atoms with Crippen molar-refractivity contribution in [3.8, 4) is 0 Å². The Kier molecular flexibility index (Phi) is 4.45. The number of rotatable bonds is 4. The Morgan fingerprint density at radius 2 is 1.88 bits per heavy atom. The first-order valence-electron chi connectivity index (χ1n) is 5.23. The lowest BCUT2D eigenvalue weighted by molar-refractivity contribution is -0.171. The van der Waals surface area contributed by atoms with Crippen molar-refractivity contribution >= 4 is 5.97 Å². The average Bonchev–Trinajstić information content (AvgIpc) is 2.62. The summed E-state index contributed by atoms with van der Waals surface area (Å²) in [4.78, 5) is 11.2. The minimum Gasteiger partial charge on any atom is -0.467 e. The fraction of sp³-hybridized carbons (Fsp3) is 0.900. The van der Waals surface area contributed by atoms with Gasteiger partial charge in [-0.1, -0.05) is 0 Å². The number of ether oxygens (including phenoxy) is 3. The van der Waals surface area contributed by atoms with Crippen LogP contribution in [0.5, 0.6) is 0 Å². The van der Waals surface area contributed by atoms with E-state index in [0.29, 0.717) is 0 Å². The first kappa shape index (κ1) is 14.3. The molecular weight excluding hydrogens is 232 g/mol. The van der Waals surface area contributed by atoms with Crippen molar-refractivity contribution in [3.63, 3.8) is 0 Å². The Bertz CT molecular complexity index is 278. The lowest BCUT2D eigenvalue weighted by atomic mass is 10.0. The quantitative estimate of drug-likeness (QED) is 0.516. The molecule has 17 heavy (non-hydrogen) atoms. The molecular formula is C10H18O7. The fourth-order valence-electron chi connectivity index (χ4n) is 1.72. The predicted octanol–water partition coefficient (Wildman–Crippen LogP) is -1.61. The summed E-state index contributed by atoms with van der Waals surface area (Å²) < 4.78 is 15.0. The normalized spacial score (nSPS) is 30.9. The van der Waals surface area contributed by atoms with Gasteiger partial charge in [0.2, 0.25) is 0 Å². The van der Waals surface area contributed by atoms with Gasteiger partial charge in [0, 0.05) is 0 Å². The molecule has 1 saturated heterocycles. The van der Waals surface area contributed by atoms with Gasteiger partial charge in [0.1, 0.15) is 18.3 Å². The number of esters is 1. The Morgan fingerprint density at radius 1 is 1.35 bits per heavy atom. The zero-order valence-electron chi connectivity index (χ0n) is 9.99. The van der Waals surface area contributed by atoms with Gasteiger partial charge in [0.05, 0.1) is 13.7 Å². The van der Waals surface area contributed by atoms with Crippen molar-refractivity contribution in [1.82, 2.24) is 0 Å². The molecule has 0 radical (unpaired) electrons. The van der Waals surface area contributed by atoms with Crippen LogP contribution in [0.4, 0.5) is 0 Å². The Hall–Kier alpha value is -0.730. The van der Waals surface area contributed by atoms with Crippen molar-refractivity contribution in [2.75, 3.05) is 13.7 Å². The summed E-state index contributed by atoms with van der Waals surface area (Å²) in [5.41, 5.74) is 0. The van der Waals surface area contributed by atoms with Gasteiger partial charge >= 0.3 is 5.97 Å². The second-order valence-corrected chi connectivity index (χ2v) is 4.28. The van der Waals surface area contributed by atoms with Crippen LogP contribution in [0.2, 0.25) is 0 Å². The van der Waals surface area contributed by atoms with Gasteiger partial charge in [-0.25, -0.2) is 4.79 Å². The molecule has 1 rings (SSSR count). The van der Waals surface area contributed by atoms with Gasteiger partial charge in [-0.3, -0.25) is 0 Å². The van der Waals surface area contributed by atoms with Gasteiger partial charge in [-0.15, -0.1) is 0 Å². The van der Waals surface area contributed by atoms with Gasteiger partial charge in [0.15, 0.2) is 11.9 Å². The summed E-state index contributed by atoms with van der Waals surface area (Å²) in [6, 6.07) is 0. The monoisotopic (exact) mass is 250 g/mol. The Labute approximate surface area is 98.9 Å². The second kappa shape index (κ2) is 5.28. The highest BCUT2D eigenvalue weighted by Gasteiger charge is 2.49. The van der Waals surface area contributed by atoms with Crippen LogP contribution in [0, 0.1) is 0 Å². The number of methoxy groups -OCH3 is 1. The molecule has 1 heterocycles. The van der Waals surface area contributed by atoms with Crippen molar-refractivity contribution in [2.24, 2.45) is 0 Å². The summed E-state index contributed by atoms with van der Waals surface area (Å²) in [7, 11) is 1.13. The molecule has 0 aliphatic carbocycles. The van der Waals surface area contributed by atoms with E-state index in [4.69, 9.17) is 14.6 Å². The molecule has 7 nitrogen and oxygen atoms in total. The minimum absolute atomic E-state index is 0.561. The van der Waals surface area contributed by atoms with Crippen molar-refractivity contribution in [2.45, 2.75) is 44.1 Å². The number of aliphatic hydroxyl groups is 3. The molecule has 0 spiro atoms. The minimum atomic E-state index is -1.58. The maximum absolute atomic E-state index is 11.2. The molecule has 1 fully saturated rings. The van der Waals surface area contributed by atoms with E-state index in [2.05, 4.69) is 4.74 Å². The van der Waals surface area contributed by atoms with Crippen molar-refractivity contribution in [1.29, 1.82) is 0 Å². The van der Waals surface area contributed by atoms with Crippen LogP contribution in [0.25, 0.3) is 0 Å². The molecule has 3 N–H and O–H groups in total. The zero-order valence-corrected chi connectivity index (χ0v) is 9.99. The SMILES string of the molecule is COC(=O)[C@@H](O)[C@H]1OC(C)(C)O[C@@H]1[C@@H](O)CO. The third-order valence-corrected chi connectivity index (χ3v) is 2.48. The van der Waals surface area contributed by atoms with Crippen molar-refractivity contribution < 1.29 is 34.3 Å². The van der Waals surface area contributed by atoms with Crippen LogP contribution in [-0.2, 0) is 19.0 Å². The lowest BCUT2D eigenvalue weighted by Crippen LogP contribution is -2.47. The predicted molar refractivity (Wildman–Crippen MR) is 54.9 cm³/mol. The molecule has 0 aromatic carbocycles. The largest absolute Gasteiger partial charge is 0.467 e. The van der Waals surface area contributed by atoms with E-state index in [1.54, 1.807) is 13.8 Å². The van der Waals surface area contributed by atoms with Crippen LogP contribution < -0.4 is 0 Å². The maximum Gasteiger partial charge on any atom is 0.337 e. The number of hydrogen-bond acceptors (Lipinski definition) is 7. The summed E-state index contributed by atoms with van der Waals surface area (Å²) >= 11 is 0. The van der Waals surface area contributed by atoms with Crippen LogP contribution in [-0.4, -0.2) is 65.2 Å². The lowest BCUT2D eigenvalue weighted by Gasteiger charge is -2.23. The fourth-order valence-corrected chi connectivity index (χ4v) is 1.72. The molecule has 100 valence electrons. The molecule has 0 bridgehead atoms. The summed E-state index contributed by atoms with van der Waals surface area (Å²) in [5.74, 6) is -1.94. The highest BCUT2D eigenvalue weighted by atomic mass is 16.8. The first-order valence-corrected chi connectivity index (χ1v) is 5.23. The number of carbonyl (C=O) groups is 1. The van der Waals surface area contributed by atoms with Gasteiger partial charge < -0.3 is 29.5 Å². The highest BCUT2D eigenvalue weighted by molar-refractivity contribution is 5.75. The third-order valence-electron chi connectivity index (χ3n) is 2.48. The van der Waals surface area contributed by atoms with E-state index >= 15 is 0 Å². The Balaban J connectivity index is 2.83. The number of aliphatic hydroxyl groups excluding tert-OH is 3. The molecule has 0 aromatic heterocycles. The molecule has 1 aliphatic heterocycles. The number of hydrogen-bond donors (Lipinski definition) is 3. The van der Waals surface area contributed by atoms with E-state index in [-0.39, 0.29) is 0 Å². The van der Waals surface area contributed by atoms with Gasteiger partial charge in [-0.2, -0.15) is 0 Å². The molecule has 0 amide bonds. The molecule has 4 atom stereocenters. The van der Waals surface area contributed by atoms with Crippen LogP contribution in [0.1, 0.15) is 13.8 Å². The Morgan fingerprint density at radius 3 is 2.35 bits per heavy atom. The van der Waals surface area contributed by atoms with E-state index < -0.39 is 42.8 Å². The second-order valence-electron chi connectivity index (χ2n) is 4.28. The molecule has 7 heteroatoms. The maximum atomic E-state index is 11.2. The third kappa shape index (κ3) is 3.14. The highest BCUT2D eigenvalue weighted by Crippen LogP contribution is 2.32. The number of carbonyl (C=O) groups excluding carboxylic acids is 1. The molecule has 0 aromatic rings. The van der Waals surface area contributed by atoms with Crippen LogP contribution in [0.3, 0.4) is 0 Å². The zero-order chi connectivity index (χ0) is 13.2. The average molecular weight is 250 g/mol. The van der Waals surface area contributed by atoms with Crippen LogP contribution >= 0.6 is 0 Å². The van der Waals surface area contributed by atoms with Gasteiger partial charge in [0.25, 0.3) is 0 Å². The topological polar surface area (TPSA) is 105 Å². The molecule has 0 unspecified atom stereocenters. The smallest absolute Gasteiger partial charge is 0.337 e. The van der Waals surface area contributed by atoms with Crippen LogP contribution in [0.15, 0.2) is 0 Å². The first-order chi connectivity index (χ1) is 7.82. The summed E-state index contributed by atoms with van der Waals surface area (Å²) in [6.07, 6.45) is -4.90. The van der Waals surface area contributed by atoms with E-state index in [9.17, 15) is 15.0 Å². The van der Waals surface area contributed by atoms with E-state index in [0.717, 1.165) is 7.11 Å². The molecule has 1 aliphatic rings. The standard InChI is InChI=1S/C10H18O7/c1-10(2)16-7(5(12)4-11)8(17-10)6(13)9(14)15-3/h5-8,11-13H,4H2,1-3H3/t5-,6-,7+,8+/m0/s1. The van der Waals surface area contributed by atoms with E-state index in [1.165, 1.54) is 0 Å². The van der Waals surface area contributed by atoms with E-state index in [1.807, 2.05) is 0 Å². The molecule has 0 saturated carbocycles. The summed E-state index contributed by atoms with van der Waals surface area (Å²) in [6.45, 7) is 2.59. The van der Waals surface area contributed by atoms with Gasteiger partial charge in [-0.05, 0) is 13.8 Å². The van der Waals surface area contributed by atoms with Crippen molar-refractivity contribution in [3.05, 3.63) is 0 Å².